The third-order valence-electron chi connectivity index (χ3n) is 3.70. The van der Waals surface area contributed by atoms with Gasteiger partial charge in [-0.05, 0) is 24.1 Å². The molecule has 0 aliphatic carbocycles. The number of primary amides is 1. The average molecular weight is 316 g/mol. The van der Waals surface area contributed by atoms with Gasteiger partial charge in [0.05, 0.1) is 0 Å². The van der Waals surface area contributed by atoms with Gasteiger partial charge in [-0.1, -0.05) is 26.3 Å². The SMILES string of the molecule is CCC(C)C(NC(=O)c1cccc(-c2nnc(C)o2)c1)C(N)=O. The molecule has 0 bridgehead atoms. The monoisotopic (exact) mass is 316 g/mol. The average Bonchev–Trinajstić information content (AvgIpc) is 2.98. The maximum absolute atomic E-state index is 12.4. The van der Waals surface area contributed by atoms with E-state index in [9.17, 15) is 9.59 Å². The fourth-order valence-corrected chi connectivity index (χ4v) is 2.16. The number of hydrogen-bond acceptors (Lipinski definition) is 5. The van der Waals surface area contributed by atoms with Crippen LogP contribution < -0.4 is 11.1 Å². The number of nitrogens with zero attached hydrogens (tertiary/aromatic N) is 2. The van der Waals surface area contributed by atoms with Crippen LogP contribution in [0.3, 0.4) is 0 Å². The molecule has 0 aliphatic rings. The molecule has 0 fully saturated rings. The molecular formula is C16H20N4O3. The highest BCUT2D eigenvalue weighted by atomic mass is 16.4. The van der Waals surface area contributed by atoms with Gasteiger partial charge < -0.3 is 15.5 Å². The number of amides is 2. The lowest BCUT2D eigenvalue weighted by Gasteiger charge is -2.21. The number of aryl methyl sites for hydroxylation is 1. The summed E-state index contributed by atoms with van der Waals surface area (Å²) in [5, 5.41) is 10.4. The zero-order chi connectivity index (χ0) is 17.0. The van der Waals surface area contributed by atoms with E-state index < -0.39 is 11.9 Å². The van der Waals surface area contributed by atoms with Crippen LogP contribution in [0.25, 0.3) is 11.5 Å². The molecule has 0 radical (unpaired) electrons. The lowest BCUT2D eigenvalue weighted by Crippen LogP contribution is -2.48. The van der Waals surface area contributed by atoms with Crippen LogP contribution in [-0.2, 0) is 4.79 Å². The molecule has 2 atom stereocenters. The molecule has 2 amide bonds. The summed E-state index contributed by atoms with van der Waals surface area (Å²) in [5.41, 5.74) is 6.41. The smallest absolute Gasteiger partial charge is 0.251 e. The van der Waals surface area contributed by atoms with Crippen molar-refractivity contribution in [2.24, 2.45) is 11.7 Å². The predicted molar refractivity (Wildman–Crippen MR) is 84.4 cm³/mol. The number of aromatic nitrogens is 2. The zero-order valence-corrected chi connectivity index (χ0v) is 13.4. The Hall–Kier alpha value is -2.70. The number of nitrogens with one attached hydrogen (secondary N) is 1. The Kier molecular flexibility index (Phi) is 5.10. The Morgan fingerprint density at radius 1 is 1.35 bits per heavy atom. The molecule has 2 rings (SSSR count). The van der Waals surface area contributed by atoms with E-state index in [-0.39, 0.29) is 11.8 Å². The fraction of sp³-hybridized carbons (Fsp3) is 0.375. The molecule has 1 aromatic carbocycles. The van der Waals surface area contributed by atoms with Gasteiger partial charge in [-0.2, -0.15) is 0 Å². The summed E-state index contributed by atoms with van der Waals surface area (Å²) in [6, 6.07) is 6.06. The van der Waals surface area contributed by atoms with E-state index in [0.717, 1.165) is 6.42 Å². The first-order valence-corrected chi connectivity index (χ1v) is 7.43. The van der Waals surface area contributed by atoms with Gasteiger partial charge in [0.1, 0.15) is 6.04 Å². The molecule has 23 heavy (non-hydrogen) atoms. The van der Waals surface area contributed by atoms with E-state index in [2.05, 4.69) is 15.5 Å². The summed E-state index contributed by atoms with van der Waals surface area (Å²) in [6.07, 6.45) is 0.731. The largest absolute Gasteiger partial charge is 0.421 e. The van der Waals surface area contributed by atoms with Crippen molar-refractivity contribution in [1.82, 2.24) is 15.5 Å². The third kappa shape index (κ3) is 3.94. The van der Waals surface area contributed by atoms with Gasteiger partial charge >= 0.3 is 0 Å². The van der Waals surface area contributed by atoms with Gasteiger partial charge in [-0.3, -0.25) is 9.59 Å². The highest BCUT2D eigenvalue weighted by Gasteiger charge is 2.24. The van der Waals surface area contributed by atoms with E-state index in [0.29, 0.717) is 22.9 Å². The van der Waals surface area contributed by atoms with Gasteiger partial charge in [0.15, 0.2) is 0 Å². The molecule has 1 aromatic heterocycles. The van der Waals surface area contributed by atoms with Crippen molar-refractivity contribution < 1.29 is 14.0 Å². The molecule has 0 spiro atoms. The first kappa shape index (κ1) is 16.7. The van der Waals surface area contributed by atoms with Crippen molar-refractivity contribution in [1.29, 1.82) is 0 Å². The minimum Gasteiger partial charge on any atom is -0.421 e. The third-order valence-corrected chi connectivity index (χ3v) is 3.70. The van der Waals surface area contributed by atoms with E-state index >= 15 is 0 Å². The van der Waals surface area contributed by atoms with Crippen LogP contribution >= 0.6 is 0 Å². The highest BCUT2D eigenvalue weighted by molar-refractivity contribution is 5.98. The maximum Gasteiger partial charge on any atom is 0.251 e. The highest BCUT2D eigenvalue weighted by Crippen LogP contribution is 2.19. The second kappa shape index (κ2) is 7.04. The summed E-state index contributed by atoms with van der Waals surface area (Å²) in [4.78, 5) is 23.9. The Bertz CT molecular complexity index is 711. The van der Waals surface area contributed by atoms with Crippen LogP contribution in [0, 0.1) is 12.8 Å². The number of carbonyl (C=O) groups is 2. The van der Waals surface area contributed by atoms with Crippen LogP contribution in [0.1, 0.15) is 36.5 Å². The molecule has 0 saturated carbocycles. The van der Waals surface area contributed by atoms with Crippen molar-refractivity contribution in [2.75, 3.05) is 0 Å². The lowest BCUT2D eigenvalue weighted by molar-refractivity contribution is -0.120. The first-order chi connectivity index (χ1) is 10.9. The molecule has 7 heteroatoms. The molecule has 7 nitrogen and oxygen atoms in total. The van der Waals surface area contributed by atoms with Crippen LogP contribution in [0.5, 0.6) is 0 Å². The summed E-state index contributed by atoms with van der Waals surface area (Å²) in [5.74, 6) is -0.173. The van der Waals surface area contributed by atoms with Crippen molar-refractivity contribution in [3.63, 3.8) is 0 Å². The maximum atomic E-state index is 12.4. The van der Waals surface area contributed by atoms with Crippen LogP contribution in [0.2, 0.25) is 0 Å². The number of nitrogens with two attached hydrogens (primary N) is 1. The van der Waals surface area contributed by atoms with Crippen molar-refractivity contribution in [2.45, 2.75) is 33.2 Å². The summed E-state index contributed by atoms with van der Waals surface area (Å²) in [7, 11) is 0. The fourth-order valence-electron chi connectivity index (χ4n) is 2.16. The molecule has 2 aromatic rings. The topological polar surface area (TPSA) is 111 Å². The molecule has 3 N–H and O–H groups in total. The molecule has 0 saturated heterocycles. The summed E-state index contributed by atoms with van der Waals surface area (Å²) >= 11 is 0. The first-order valence-electron chi connectivity index (χ1n) is 7.43. The van der Waals surface area contributed by atoms with Crippen molar-refractivity contribution in [3.05, 3.63) is 35.7 Å². The second-order valence-electron chi connectivity index (χ2n) is 5.45. The van der Waals surface area contributed by atoms with E-state index in [1.165, 1.54) is 0 Å². The lowest BCUT2D eigenvalue weighted by atomic mass is 9.98. The second-order valence-corrected chi connectivity index (χ2v) is 5.45. The van der Waals surface area contributed by atoms with Crippen LogP contribution in [-0.4, -0.2) is 28.1 Å². The standard InChI is InChI=1S/C16H20N4O3/c1-4-9(2)13(14(17)21)18-15(22)11-6-5-7-12(8-11)16-20-19-10(3)23-16/h5-9,13H,4H2,1-3H3,(H2,17,21)(H,18,22). The predicted octanol–water partition coefficient (Wildman–Crippen LogP) is 1.67. The normalized spacial score (nSPS) is 13.3. The number of benzene rings is 1. The van der Waals surface area contributed by atoms with Crippen molar-refractivity contribution >= 4 is 11.8 Å². The van der Waals surface area contributed by atoms with Crippen LogP contribution in [0.4, 0.5) is 0 Å². The van der Waals surface area contributed by atoms with Gasteiger partial charge in [0.25, 0.3) is 5.91 Å². The van der Waals surface area contributed by atoms with Gasteiger partial charge in [-0.15, -0.1) is 10.2 Å². The zero-order valence-electron chi connectivity index (χ0n) is 13.4. The minimum atomic E-state index is -0.707. The molecule has 1 heterocycles. The number of carbonyl (C=O) groups excluding carboxylic acids is 2. The minimum absolute atomic E-state index is 0.0433. The number of hydrogen-bond donors (Lipinski definition) is 2. The Morgan fingerprint density at radius 3 is 2.65 bits per heavy atom. The summed E-state index contributed by atoms with van der Waals surface area (Å²) < 4.78 is 5.35. The van der Waals surface area contributed by atoms with Gasteiger partial charge in [0, 0.05) is 18.1 Å². The quantitative estimate of drug-likeness (QED) is 0.842. The molecular weight excluding hydrogens is 296 g/mol. The molecule has 2 unspecified atom stereocenters. The van der Waals surface area contributed by atoms with E-state index in [1.54, 1.807) is 31.2 Å². The Morgan fingerprint density at radius 2 is 2.09 bits per heavy atom. The molecule has 0 aliphatic heterocycles. The Balaban J connectivity index is 2.21. The van der Waals surface area contributed by atoms with Gasteiger partial charge in [0.2, 0.25) is 17.7 Å². The Labute approximate surface area is 134 Å². The van der Waals surface area contributed by atoms with E-state index in [1.807, 2.05) is 13.8 Å². The number of rotatable bonds is 6. The van der Waals surface area contributed by atoms with Crippen molar-refractivity contribution in [3.8, 4) is 11.5 Å². The molecule has 122 valence electrons. The van der Waals surface area contributed by atoms with Gasteiger partial charge in [-0.25, -0.2) is 0 Å². The van der Waals surface area contributed by atoms with Crippen LogP contribution in [0.15, 0.2) is 28.7 Å². The summed E-state index contributed by atoms with van der Waals surface area (Å²) in [6.45, 7) is 5.50. The van der Waals surface area contributed by atoms with E-state index in [4.69, 9.17) is 10.2 Å².